The maximum Gasteiger partial charge on any atom is 0.265 e. The van der Waals surface area contributed by atoms with E-state index in [9.17, 15) is 0 Å². The van der Waals surface area contributed by atoms with Crippen LogP contribution in [0.4, 0.5) is 0 Å². The normalized spacial score (nSPS) is 10.3. The summed E-state index contributed by atoms with van der Waals surface area (Å²) in [6, 6.07) is 5.41. The van der Waals surface area contributed by atoms with Crippen molar-refractivity contribution < 1.29 is 14.0 Å². The number of nitrogens with two attached hydrogens (primary N) is 1. The van der Waals surface area contributed by atoms with Crippen LogP contribution in [-0.4, -0.2) is 24.4 Å². The summed E-state index contributed by atoms with van der Waals surface area (Å²) in [6.45, 7) is 0.223. The molecule has 1 aromatic carbocycles. The number of hydrogen-bond donors (Lipinski definition) is 1. The van der Waals surface area contributed by atoms with E-state index in [2.05, 4.69) is 10.1 Å². The van der Waals surface area contributed by atoms with Gasteiger partial charge in [0.2, 0.25) is 0 Å². The molecule has 6 nitrogen and oxygen atoms in total. The molecule has 6 heteroatoms. The van der Waals surface area contributed by atoms with Crippen molar-refractivity contribution in [3.05, 3.63) is 24.0 Å². The van der Waals surface area contributed by atoms with Gasteiger partial charge in [-0.05, 0) is 12.1 Å². The Balaban J connectivity index is 2.55. The Kier molecular flexibility index (Phi) is 3.24. The first-order valence-corrected chi connectivity index (χ1v) is 5.04. The molecule has 1 heterocycles. The molecule has 2 rings (SSSR count). The van der Waals surface area contributed by atoms with Crippen LogP contribution in [0.2, 0.25) is 0 Å². The predicted molar refractivity (Wildman–Crippen MR) is 60.7 cm³/mol. The van der Waals surface area contributed by atoms with Crippen molar-refractivity contribution in [2.75, 3.05) is 14.2 Å². The average Bonchev–Trinajstić information content (AvgIpc) is 2.86. The number of methoxy groups -OCH3 is 2. The topological polar surface area (TPSA) is 83.4 Å². The van der Waals surface area contributed by atoms with Crippen LogP contribution >= 0.6 is 0 Å². The summed E-state index contributed by atoms with van der Waals surface area (Å²) in [5.41, 5.74) is 6.06. The van der Waals surface area contributed by atoms with Crippen molar-refractivity contribution >= 4 is 0 Å². The smallest absolute Gasteiger partial charge is 0.265 e. The molecule has 17 heavy (non-hydrogen) atoms. The lowest BCUT2D eigenvalue weighted by Crippen LogP contribution is -1.98. The van der Waals surface area contributed by atoms with Crippen molar-refractivity contribution in [3.63, 3.8) is 0 Å². The third-order valence-corrected chi connectivity index (χ3v) is 2.29. The predicted octanol–water partition coefficient (Wildman–Crippen LogP) is 1.21. The quantitative estimate of drug-likeness (QED) is 0.857. The summed E-state index contributed by atoms with van der Waals surface area (Å²) >= 11 is 0. The van der Waals surface area contributed by atoms with Crippen LogP contribution in [0.3, 0.4) is 0 Å². The Morgan fingerprint density at radius 1 is 1.24 bits per heavy atom. The first-order chi connectivity index (χ1) is 8.30. The minimum Gasteiger partial charge on any atom is -0.496 e. The minimum absolute atomic E-state index is 0.223. The third-order valence-electron chi connectivity index (χ3n) is 2.29. The highest BCUT2D eigenvalue weighted by Crippen LogP contribution is 2.36. The monoisotopic (exact) mass is 235 g/mol. The maximum absolute atomic E-state index is 5.43. The van der Waals surface area contributed by atoms with Gasteiger partial charge >= 0.3 is 0 Å². The highest BCUT2D eigenvalue weighted by atomic mass is 16.5. The summed E-state index contributed by atoms with van der Waals surface area (Å²) < 4.78 is 15.6. The fraction of sp³-hybridized carbons (Fsp3) is 0.273. The molecule has 0 unspecified atom stereocenters. The molecule has 0 spiro atoms. The molecule has 0 amide bonds. The molecule has 0 fully saturated rings. The summed E-state index contributed by atoms with van der Waals surface area (Å²) in [4.78, 5) is 4.15. The zero-order chi connectivity index (χ0) is 12.3. The van der Waals surface area contributed by atoms with Crippen molar-refractivity contribution in [2.24, 2.45) is 5.73 Å². The van der Waals surface area contributed by atoms with Crippen LogP contribution in [-0.2, 0) is 6.54 Å². The molecule has 2 N–H and O–H groups in total. The second-order valence-electron chi connectivity index (χ2n) is 3.26. The third kappa shape index (κ3) is 2.07. The maximum atomic E-state index is 5.43. The van der Waals surface area contributed by atoms with Crippen LogP contribution in [0.25, 0.3) is 11.5 Å². The number of ether oxygens (including phenoxy) is 2. The van der Waals surface area contributed by atoms with E-state index in [1.807, 2.05) is 6.07 Å². The second-order valence-corrected chi connectivity index (χ2v) is 3.26. The van der Waals surface area contributed by atoms with Gasteiger partial charge in [-0.3, -0.25) is 0 Å². The van der Waals surface area contributed by atoms with Crippen molar-refractivity contribution in [2.45, 2.75) is 6.54 Å². The van der Waals surface area contributed by atoms with Crippen molar-refractivity contribution in [3.8, 4) is 23.0 Å². The van der Waals surface area contributed by atoms with E-state index in [1.165, 1.54) is 0 Å². The van der Waals surface area contributed by atoms with Gasteiger partial charge < -0.3 is 19.7 Å². The lowest BCUT2D eigenvalue weighted by molar-refractivity contribution is 0.384. The number of nitrogens with zero attached hydrogens (tertiary/aromatic N) is 2. The van der Waals surface area contributed by atoms with Gasteiger partial charge in [0, 0.05) is 0 Å². The summed E-state index contributed by atoms with van der Waals surface area (Å²) in [5, 5.41) is 3.74. The first-order valence-electron chi connectivity index (χ1n) is 5.04. The highest BCUT2D eigenvalue weighted by molar-refractivity contribution is 5.70. The number of aromatic nitrogens is 2. The van der Waals surface area contributed by atoms with Gasteiger partial charge in [-0.2, -0.15) is 4.98 Å². The Bertz CT molecular complexity index is 488. The molecule has 0 radical (unpaired) electrons. The van der Waals surface area contributed by atoms with Gasteiger partial charge in [-0.25, -0.2) is 0 Å². The Hall–Kier alpha value is -2.08. The molecule has 0 aliphatic carbocycles. The lowest BCUT2D eigenvalue weighted by atomic mass is 10.1. The molecule has 0 atom stereocenters. The molecule has 1 aromatic heterocycles. The molecule has 2 aromatic rings. The van der Waals surface area contributed by atoms with Gasteiger partial charge in [0.1, 0.15) is 17.1 Å². The number of hydrogen-bond acceptors (Lipinski definition) is 6. The van der Waals surface area contributed by atoms with E-state index in [1.54, 1.807) is 26.4 Å². The van der Waals surface area contributed by atoms with Crippen LogP contribution in [0.15, 0.2) is 22.7 Å². The van der Waals surface area contributed by atoms with E-state index in [4.69, 9.17) is 19.7 Å². The van der Waals surface area contributed by atoms with Crippen LogP contribution in [0.5, 0.6) is 11.5 Å². The van der Waals surface area contributed by atoms with E-state index in [-0.39, 0.29) is 6.54 Å². The van der Waals surface area contributed by atoms with E-state index < -0.39 is 0 Å². The molecule has 0 bridgehead atoms. The van der Waals surface area contributed by atoms with E-state index >= 15 is 0 Å². The first kappa shape index (κ1) is 11.4. The van der Waals surface area contributed by atoms with Crippen LogP contribution < -0.4 is 15.2 Å². The SMILES string of the molecule is COc1cccc(OC)c1-c1nc(CN)no1. The molecule has 0 saturated carbocycles. The van der Waals surface area contributed by atoms with Gasteiger partial charge in [0.25, 0.3) is 5.89 Å². The molecule has 0 aliphatic rings. The molecular weight excluding hydrogens is 222 g/mol. The standard InChI is InChI=1S/C11H13N3O3/c1-15-7-4-3-5-8(16-2)10(7)11-13-9(6-12)14-17-11/h3-5H,6,12H2,1-2H3. The van der Waals surface area contributed by atoms with Crippen molar-refractivity contribution in [1.29, 1.82) is 0 Å². The molecule has 0 saturated heterocycles. The minimum atomic E-state index is 0.223. The average molecular weight is 235 g/mol. The largest absolute Gasteiger partial charge is 0.496 e. The van der Waals surface area contributed by atoms with E-state index in [0.717, 1.165) is 0 Å². The fourth-order valence-corrected chi connectivity index (χ4v) is 1.50. The lowest BCUT2D eigenvalue weighted by Gasteiger charge is -2.09. The summed E-state index contributed by atoms with van der Waals surface area (Å²) in [5.74, 6) is 1.99. The van der Waals surface area contributed by atoms with Gasteiger partial charge in [0.15, 0.2) is 5.82 Å². The van der Waals surface area contributed by atoms with Crippen molar-refractivity contribution in [1.82, 2.24) is 10.1 Å². The molecular formula is C11H13N3O3. The highest BCUT2D eigenvalue weighted by Gasteiger charge is 2.18. The molecule has 90 valence electrons. The van der Waals surface area contributed by atoms with Gasteiger partial charge in [-0.15, -0.1) is 0 Å². The second kappa shape index (κ2) is 4.84. The number of benzene rings is 1. The number of rotatable bonds is 4. The Labute approximate surface area is 98.3 Å². The fourth-order valence-electron chi connectivity index (χ4n) is 1.50. The molecule has 0 aliphatic heterocycles. The zero-order valence-electron chi connectivity index (χ0n) is 9.64. The van der Waals surface area contributed by atoms with Crippen LogP contribution in [0.1, 0.15) is 5.82 Å². The van der Waals surface area contributed by atoms with Gasteiger partial charge in [0.05, 0.1) is 20.8 Å². The summed E-state index contributed by atoms with van der Waals surface area (Å²) in [6.07, 6.45) is 0. The zero-order valence-corrected chi connectivity index (χ0v) is 9.64. The Morgan fingerprint density at radius 3 is 2.35 bits per heavy atom. The Morgan fingerprint density at radius 2 is 1.88 bits per heavy atom. The summed E-state index contributed by atoms with van der Waals surface area (Å²) in [7, 11) is 3.14. The van der Waals surface area contributed by atoms with Crippen LogP contribution in [0, 0.1) is 0 Å². The van der Waals surface area contributed by atoms with E-state index in [0.29, 0.717) is 28.8 Å². The van der Waals surface area contributed by atoms with Gasteiger partial charge in [-0.1, -0.05) is 11.2 Å².